The average Bonchev–Trinajstić information content (AvgIpc) is 2.48. The molecular weight excluding hydrogens is 222 g/mol. The number of nitrogens with two attached hydrogens (primary N) is 1. The van der Waals surface area contributed by atoms with E-state index in [4.69, 9.17) is 5.73 Å². The van der Waals surface area contributed by atoms with Crippen molar-refractivity contribution in [2.75, 3.05) is 6.54 Å². The average molecular weight is 239 g/mol. The molecule has 4 heteroatoms. The minimum atomic E-state index is -3.06. The SMILES string of the molecule is CC1Cc2ccc(CCCN)cc2S1(=O)=O. The van der Waals surface area contributed by atoms with Crippen molar-refractivity contribution in [3.05, 3.63) is 29.3 Å². The van der Waals surface area contributed by atoms with Crippen LogP contribution in [0.2, 0.25) is 0 Å². The number of sulfone groups is 1. The summed E-state index contributed by atoms with van der Waals surface area (Å²) in [5.74, 6) is 0. The fourth-order valence-corrected chi connectivity index (χ4v) is 3.80. The van der Waals surface area contributed by atoms with Crippen LogP contribution in [0.4, 0.5) is 0 Å². The first-order valence-electron chi connectivity index (χ1n) is 5.61. The molecule has 0 bridgehead atoms. The van der Waals surface area contributed by atoms with Crippen molar-refractivity contribution >= 4 is 9.84 Å². The van der Waals surface area contributed by atoms with Crippen LogP contribution in [0.1, 0.15) is 24.5 Å². The third-order valence-corrected chi connectivity index (χ3v) is 5.36. The number of hydrogen-bond acceptors (Lipinski definition) is 3. The van der Waals surface area contributed by atoms with Gasteiger partial charge in [-0.1, -0.05) is 12.1 Å². The van der Waals surface area contributed by atoms with Gasteiger partial charge in [0, 0.05) is 0 Å². The minimum absolute atomic E-state index is 0.271. The van der Waals surface area contributed by atoms with Gasteiger partial charge in [0.05, 0.1) is 10.1 Å². The van der Waals surface area contributed by atoms with Gasteiger partial charge >= 0.3 is 0 Å². The summed E-state index contributed by atoms with van der Waals surface area (Å²) in [6.07, 6.45) is 2.40. The maximum absolute atomic E-state index is 12.0. The summed E-state index contributed by atoms with van der Waals surface area (Å²) in [6, 6.07) is 5.79. The molecule has 1 aliphatic heterocycles. The lowest BCUT2D eigenvalue weighted by Gasteiger charge is -2.04. The van der Waals surface area contributed by atoms with E-state index < -0.39 is 9.84 Å². The van der Waals surface area contributed by atoms with E-state index in [1.54, 1.807) is 6.92 Å². The fraction of sp³-hybridized carbons (Fsp3) is 0.500. The van der Waals surface area contributed by atoms with Crippen LogP contribution in [0.3, 0.4) is 0 Å². The molecule has 0 saturated heterocycles. The molecule has 1 aromatic carbocycles. The molecule has 0 amide bonds. The van der Waals surface area contributed by atoms with Crippen molar-refractivity contribution in [3.63, 3.8) is 0 Å². The highest BCUT2D eigenvalue weighted by Crippen LogP contribution is 2.31. The highest BCUT2D eigenvalue weighted by Gasteiger charge is 2.33. The summed E-state index contributed by atoms with van der Waals surface area (Å²) in [5.41, 5.74) is 7.48. The van der Waals surface area contributed by atoms with Crippen LogP contribution in [-0.4, -0.2) is 20.2 Å². The molecule has 0 aliphatic carbocycles. The van der Waals surface area contributed by atoms with Crippen molar-refractivity contribution in [2.45, 2.75) is 36.3 Å². The Kier molecular flexibility index (Phi) is 3.04. The van der Waals surface area contributed by atoms with Gasteiger partial charge in [0.25, 0.3) is 0 Å². The van der Waals surface area contributed by atoms with Crippen molar-refractivity contribution in [3.8, 4) is 0 Å². The van der Waals surface area contributed by atoms with Crippen LogP contribution in [-0.2, 0) is 22.7 Å². The van der Waals surface area contributed by atoms with Gasteiger partial charge in [0.1, 0.15) is 0 Å². The van der Waals surface area contributed by atoms with E-state index >= 15 is 0 Å². The van der Waals surface area contributed by atoms with Gasteiger partial charge in [0.2, 0.25) is 0 Å². The van der Waals surface area contributed by atoms with Gasteiger partial charge in [-0.25, -0.2) is 8.42 Å². The molecule has 0 fully saturated rings. The normalized spacial score (nSPS) is 22.0. The van der Waals surface area contributed by atoms with Gasteiger partial charge in [-0.3, -0.25) is 0 Å². The summed E-state index contributed by atoms with van der Waals surface area (Å²) < 4.78 is 24.0. The third-order valence-electron chi connectivity index (χ3n) is 3.14. The summed E-state index contributed by atoms with van der Waals surface area (Å²) >= 11 is 0. The number of hydrogen-bond donors (Lipinski definition) is 1. The zero-order valence-electron chi connectivity index (χ0n) is 9.44. The van der Waals surface area contributed by atoms with Crippen LogP contribution in [0.5, 0.6) is 0 Å². The van der Waals surface area contributed by atoms with E-state index in [0.29, 0.717) is 17.9 Å². The van der Waals surface area contributed by atoms with Crippen LogP contribution in [0.15, 0.2) is 23.1 Å². The van der Waals surface area contributed by atoms with Gasteiger partial charge in [-0.15, -0.1) is 0 Å². The molecule has 1 aliphatic rings. The van der Waals surface area contributed by atoms with E-state index in [2.05, 4.69) is 0 Å². The molecule has 16 heavy (non-hydrogen) atoms. The molecule has 88 valence electrons. The lowest BCUT2D eigenvalue weighted by Crippen LogP contribution is -2.11. The van der Waals surface area contributed by atoms with Crippen molar-refractivity contribution in [2.24, 2.45) is 5.73 Å². The molecule has 2 rings (SSSR count). The first kappa shape index (κ1) is 11.6. The largest absolute Gasteiger partial charge is 0.330 e. The van der Waals surface area contributed by atoms with E-state index in [-0.39, 0.29) is 5.25 Å². The van der Waals surface area contributed by atoms with Crippen LogP contribution in [0.25, 0.3) is 0 Å². The van der Waals surface area contributed by atoms with Crippen molar-refractivity contribution in [1.82, 2.24) is 0 Å². The Hall–Kier alpha value is -0.870. The predicted octanol–water partition coefficient (Wildman–Crippen LogP) is 1.30. The Morgan fingerprint density at radius 1 is 1.44 bits per heavy atom. The number of rotatable bonds is 3. The number of fused-ring (bicyclic) bond motifs is 1. The van der Waals surface area contributed by atoms with Gasteiger partial charge in [-0.05, 0) is 49.9 Å². The van der Waals surface area contributed by atoms with Crippen LogP contribution < -0.4 is 5.73 Å². The molecule has 0 spiro atoms. The maximum atomic E-state index is 12.0. The van der Waals surface area contributed by atoms with Gasteiger partial charge < -0.3 is 5.73 Å². The molecule has 2 N–H and O–H groups in total. The topological polar surface area (TPSA) is 60.2 Å². The second-order valence-corrected chi connectivity index (χ2v) is 6.73. The zero-order chi connectivity index (χ0) is 11.8. The lowest BCUT2D eigenvalue weighted by molar-refractivity contribution is 0.590. The first-order chi connectivity index (χ1) is 7.55. The molecule has 1 aromatic rings. The Morgan fingerprint density at radius 3 is 2.88 bits per heavy atom. The highest BCUT2D eigenvalue weighted by atomic mass is 32.2. The van der Waals surface area contributed by atoms with Gasteiger partial charge in [-0.2, -0.15) is 0 Å². The summed E-state index contributed by atoms with van der Waals surface area (Å²) in [7, 11) is -3.06. The summed E-state index contributed by atoms with van der Waals surface area (Å²) in [4.78, 5) is 0.537. The molecule has 1 atom stereocenters. The van der Waals surface area contributed by atoms with E-state index in [9.17, 15) is 8.42 Å². The second kappa shape index (κ2) is 4.18. The molecule has 0 aromatic heterocycles. The Morgan fingerprint density at radius 2 is 2.19 bits per heavy atom. The Bertz CT molecular complexity index is 494. The third kappa shape index (κ3) is 1.87. The number of aryl methyl sites for hydroxylation is 1. The van der Waals surface area contributed by atoms with Crippen molar-refractivity contribution in [1.29, 1.82) is 0 Å². The quantitative estimate of drug-likeness (QED) is 0.864. The maximum Gasteiger partial charge on any atom is 0.181 e. The monoisotopic (exact) mass is 239 g/mol. The van der Waals surface area contributed by atoms with Crippen molar-refractivity contribution < 1.29 is 8.42 Å². The Balaban J connectivity index is 2.37. The second-order valence-electron chi connectivity index (χ2n) is 4.39. The standard InChI is InChI=1S/C12H17NO2S/c1-9-7-11-5-4-10(3-2-6-13)8-12(11)16(9,14)15/h4-5,8-9H,2-3,6-7,13H2,1H3. The molecule has 0 radical (unpaired) electrons. The first-order valence-corrected chi connectivity index (χ1v) is 7.16. The summed E-state index contributed by atoms with van der Waals surface area (Å²) in [5, 5.41) is -0.271. The molecule has 0 saturated carbocycles. The van der Waals surface area contributed by atoms with Gasteiger partial charge in [0.15, 0.2) is 9.84 Å². The zero-order valence-corrected chi connectivity index (χ0v) is 10.3. The van der Waals surface area contributed by atoms with E-state index in [1.165, 1.54) is 0 Å². The van der Waals surface area contributed by atoms with E-state index in [0.717, 1.165) is 24.0 Å². The van der Waals surface area contributed by atoms with Crippen LogP contribution >= 0.6 is 0 Å². The minimum Gasteiger partial charge on any atom is -0.330 e. The molecule has 3 nitrogen and oxygen atoms in total. The van der Waals surface area contributed by atoms with E-state index in [1.807, 2.05) is 18.2 Å². The summed E-state index contributed by atoms with van der Waals surface area (Å²) in [6.45, 7) is 2.41. The number of benzene rings is 1. The molecule has 1 unspecified atom stereocenters. The molecule has 1 heterocycles. The predicted molar refractivity (Wildman–Crippen MR) is 64.2 cm³/mol. The fourth-order valence-electron chi connectivity index (χ4n) is 2.13. The Labute approximate surface area is 96.6 Å². The van der Waals surface area contributed by atoms with Crippen LogP contribution in [0, 0.1) is 0 Å². The molecular formula is C12H17NO2S. The lowest BCUT2D eigenvalue weighted by atomic mass is 10.1. The highest BCUT2D eigenvalue weighted by molar-refractivity contribution is 7.92. The smallest absolute Gasteiger partial charge is 0.181 e.